The molecule has 1 amide bonds. The second kappa shape index (κ2) is 5.24. The van der Waals surface area contributed by atoms with Crippen molar-refractivity contribution in [2.75, 3.05) is 13.6 Å². The highest BCUT2D eigenvalue weighted by Gasteiger charge is 2.57. The first kappa shape index (κ1) is 15.3. The van der Waals surface area contributed by atoms with Crippen LogP contribution in [0.1, 0.15) is 58.8 Å². The maximum absolute atomic E-state index is 12.7. The molecular formula is C17H30N2O2. The molecule has 0 saturated heterocycles. The standard InChI is InChI=1S/C17H30N2O2/c1-4-14(19(3)5-2)15(20)18-16-7-12-6-13(8-16)10-17(21,9-12)11-16/h12-14,21H,4-11H2,1-3H3,(H,18,20). The number of amides is 1. The second-order valence-corrected chi connectivity index (χ2v) is 7.95. The van der Waals surface area contributed by atoms with E-state index in [0.717, 1.165) is 45.1 Å². The van der Waals surface area contributed by atoms with Gasteiger partial charge in [0.2, 0.25) is 5.91 Å². The third-order valence-corrected chi connectivity index (χ3v) is 6.14. The van der Waals surface area contributed by atoms with Crippen LogP contribution in [0.5, 0.6) is 0 Å². The van der Waals surface area contributed by atoms with Gasteiger partial charge in [-0.15, -0.1) is 0 Å². The lowest BCUT2D eigenvalue weighted by molar-refractivity contribution is -0.153. The predicted molar refractivity (Wildman–Crippen MR) is 82.9 cm³/mol. The summed E-state index contributed by atoms with van der Waals surface area (Å²) >= 11 is 0. The van der Waals surface area contributed by atoms with Crippen molar-refractivity contribution in [3.8, 4) is 0 Å². The van der Waals surface area contributed by atoms with Gasteiger partial charge in [0.1, 0.15) is 0 Å². The van der Waals surface area contributed by atoms with E-state index in [1.54, 1.807) is 0 Å². The number of nitrogens with one attached hydrogen (secondary N) is 1. The van der Waals surface area contributed by atoms with E-state index in [4.69, 9.17) is 0 Å². The lowest BCUT2D eigenvalue weighted by Crippen LogP contribution is -2.67. The molecule has 0 spiro atoms. The first-order chi connectivity index (χ1) is 9.88. The highest BCUT2D eigenvalue weighted by Crippen LogP contribution is 2.57. The minimum Gasteiger partial charge on any atom is -0.390 e. The number of likely N-dealkylation sites (N-methyl/N-ethyl adjacent to an activating group) is 1. The van der Waals surface area contributed by atoms with Crippen LogP contribution in [0.3, 0.4) is 0 Å². The lowest BCUT2D eigenvalue weighted by Gasteiger charge is -2.60. The fourth-order valence-corrected chi connectivity index (χ4v) is 5.62. The summed E-state index contributed by atoms with van der Waals surface area (Å²) in [4.78, 5) is 14.8. The molecular weight excluding hydrogens is 264 g/mol. The van der Waals surface area contributed by atoms with Gasteiger partial charge in [-0.05, 0) is 70.4 Å². The molecule has 4 saturated carbocycles. The van der Waals surface area contributed by atoms with E-state index in [2.05, 4.69) is 24.1 Å². The molecule has 0 aliphatic heterocycles. The van der Waals surface area contributed by atoms with Crippen molar-refractivity contribution >= 4 is 5.91 Å². The molecule has 3 unspecified atom stereocenters. The summed E-state index contributed by atoms with van der Waals surface area (Å²) in [6.45, 7) is 5.04. The minimum absolute atomic E-state index is 0.0438. The quantitative estimate of drug-likeness (QED) is 0.814. The van der Waals surface area contributed by atoms with Gasteiger partial charge in [0.05, 0.1) is 11.6 Å². The van der Waals surface area contributed by atoms with Crippen LogP contribution in [-0.2, 0) is 4.79 Å². The zero-order valence-corrected chi connectivity index (χ0v) is 13.7. The number of carbonyl (C=O) groups is 1. The minimum atomic E-state index is -0.504. The summed E-state index contributed by atoms with van der Waals surface area (Å²) in [5, 5.41) is 14.1. The number of hydrogen-bond acceptors (Lipinski definition) is 3. The van der Waals surface area contributed by atoms with Gasteiger partial charge in [-0.2, -0.15) is 0 Å². The zero-order valence-electron chi connectivity index (χ0n) is 13.7. The Bertz CT molecular complexity index is 409. The fraction of sp³-hybridized carbons (Fsp3) is 0.941. The van der Waals surface area contributed by atoms with E-state index in [0.29, 0.717) is 11.8 Å². The molecule has 0 radical (unpaired) electrons. The molecule has 4 bridgehead atoms. The van der Waals surface area contributed by atoms with Gasteiger partial charge in [-0.25, -0.2) is 0 Å². The largest absolute Gasteiger partial charge is 0.390 e. The van der Waals surface area contributed by atoms with Crippen LogP contribution < -0.4 is 5.32 Å². The van der Waals surface area contributed by atoms with Gasteiger partial charge in [0.15, 0.2) is 0 Å². The van der Waals surface area contributed by atoms with Gasteiger partial charge >= 0.3 is 0 Å². The molecule has 3 atom stereocenters. The molecule has 4 rings (SSSR count). The Morgan fingerprint density at radius 3 is 2.38 bits per heavy atom. The number of carbonyl (C=O) groups excluding carboxylic acids is 1. The van der Waals surface area contributed by atoms with Crippen LogP contribution in [0.2, 0.25) is 0 Å². The summed E-state index contributed by atoms with van der Waals surface area (Å²) in [7, 11) is 2.01. The third kappa shape index (κ3) is 2.72. The monoisotopic (exact) mass is 294 g/mol. The molecule has 2 N–H and O–H groups in total. The number of aliphatic hydroxyl groups is 1. The first-order valence-corrected chi connectivity index (χ1v) is 8.63. The van der Waals surface area contributed by atoms with Crippen LogP contribution >= 0.6 is 0 Å². The zero-order chi connectivity index (χ0) is 15.3. The van der Waals surface area contributed by atoms with Crippen molar-refractivity contribution in [3.05, 3.63) is 0 Å². The normalized spacial score (nSPS) is 42.3. The Balaban J connectivity index is 1.73. The molecule has 4 nitrogen and oxygen atoms in total. The van der Waals surface area contributed by atoms with Gasteiger partial charge in [0.25, 0.3) is 0 Å². The molecule has 4 heteroatoms. The Morgan fingerprint density at radius 1 is 1.29 bits per heavy atom. The van der Waals surface area contributed by atoms with Crippen LogP contribution in [0.4, 0.5) is 0 Å². The van der Waals surface area contributed by atoms with Gasteiger partial charge in [-0.1, -0.05) is 13.8 Å². The van der Waals surface area contributed by atoms with E-state index >= 15 is 0 Å². The molecule has 0 aromatic rings. The number of hydrogen-bond donors (Lipinski definition) is 2. The van der Waals surface area contributed by atoms with E-state index in [1.165, 1.54) is 6.42 Å². The molecule has 0 heterocycles. The van der Waals surface area contributed by atoms with E-state index < -0.39 is 5.60 Å². The van der Waals surface area contributed by atoms with Crippen LogP contribution in [-0.4, -0.2) is 46.7 Å². The fourth-order valence-electron chi connectivity index (χ4n) is 5.62. The summed E-state index contributed by atoms with van der Waals surface area (Å²) < 4.78 is 0. The maximum atomic E-state index is 12.7. The highest BCUT2D eigenvalue weighted by molar-refractivity contribution is 5.82. The Hall–Kier alpha value is -0.610. The summed E-state index contributed by atoms with van der Waals surface area (Å²) in [6.07, 6.45) is 6.91. The van der Waals surface area contributed by atoms with Crippen molar-refractivity contribution in [3.63, 3.8) is 0 Å². The Labute approximate surface area is 128 Å². The Morgan fingerprint density at radius 2 is 1.90 bits per heavy atom. The van der Waals surface area contributed by atoms with Crippen LogP contribution in [0, 0.1) is 11.8 Å². The number of nitrogens with zero attached hydrogens (tertiary/aromatic N) is 1. The van der Waals surface area contributed by atoms with Crippen LogP contribution in [0.25, 0.3) is 0 Å². The molecule has 21 heavy (non-hydrogen) atoms. The topological polar surface area (TPSA) is 52.6 Å². The first-order valence-electron chi connectivity index (χ1n) is 8.63. The van der Waals surface area contributed by atoms with Crippen molar-refractivity contribution < 1.29 is 9.90 Å². The summed E-state index contributed by atoms with van der Waals surface area (Å²) in [5.74, 6) is 1.38. The number of rotatable bonds is 5. The smallest absolute Gasteiger partial charge is 0.237 e. The van der Waals surface area contributed by atoms with Crippen molar-refractivity contribution in [2.24, 2.45) is 11.8 Å². The van der Waals surface area contributed by atoms with Gasteiger partial charge in [0, 0.05) is 5.54 Å². The average Bonchev–Trinajstić information content (AvgIpc) is 2.35. The maximum Gasteiger partial charge on any atom is 0.237 e. The van der Waals surface area contributed by atoms with Crippen LogP contribution in [0.15, 0.2) is 0 Å². The lowest BCUT2D eigenvalue weighted by atomic mass is 9.51. The molecule has 4 fully saturated rings. The molecule has 120 valence electrons. The van der Waals surface area contributed by atoms with E-state index in [9.17, 15) is 9.90 Å². The van der Waals surface area contributed by atoms with Gasteiger partial charge < -0.3 is 10.4 Å². The van der Waals surface area contributed by atoms with Crippen molar-refractivity contribution in [1.82, 2.24) is 10.2 Å². The van der Waals surface area contributed by atoms with E-state index in [1.807, 2.05) is 7.05 Å². The summed E-state index contributed by atoms with van der Waals surface area (Å²) in [6, 6.07) is -0.0438. The van der Waals surface area contributed by atoms with Gasteiger partial charge in [-0.3, -0.25) is 9.69 Å². The van der Waals surface area contributed by atoms with E-state index in [-0.39, 0.29) is 17.5 Å². The third-order valence-electron chi connectivity index (χ3n) is 6.14. The SMILES string of the molecule is CCC(C(=O)NC12CC3CC(CC(O)(C3)C1)C2)N(C)CC. The second-order valence-electron chi connectivity index (χ2n) is 7.95. The van der Waals surface area contributed by atoms with Crippen molar-refractivity contribution in [2.45, 2.75) is 76.0 Å². The molecule has 4 aliphatic carbocycles. The molecule has 0 aromatic heterocycles. The molecule has 0 aromatic carbocycles. The molecule has 4 aliphatic rings. The Kier molecular flexibility index (Phi) is 3.81. The van der Waals surface area contributed by atoms with Crippen molar-refractivity contribution in [1.29, 1.82) is 0 Å². The summed E-state index contributed by atoms with van der Waals surface area (Å²) in [5.41, 5.74) is -0.631. The average molecular weight is 294 g/mol. The highest BCUT2D eigenvalue weighted by atomic mass is 16.3. The predicted octanol–water partition coefficient (Wildman–Crippen LogP) is 1.92.